The van der Waals surface area contributed by atoms with Crippen LogP contribution in [0.3, 0.4) is 0 Å². The molecule has 0 saturated carbocycles. The van der Waals surface area contributed by atoms with E-state index in [0.717, 1.165) is 4.88 Å². The van der Waals surface area contributed by atoms with E-state index in [1.165, 1.54) is 23.9 Å². The largest absolute Gasteiger partial charge is 0.472 e. The molecule has 0 aliphatic carbocycles. The Hall–Kier alpha value is -2.87. The number of thiophene rings is 1. The Kier molecular flexibility index (Phi) is 4.10. The van der Waals surface area contributed by atoms with Gasteiger partial charge in [0.15, 0.2) is 11.5 Å². The number of hydrogen-bond acceptors (Lipinski definition) is 6. The van der Waals surface area contributed by atoms with Crippen molar-refractivity contribution in [1.29, 1.82) is 0 Å². The lowest BCUT2D eigenvalue weighted by molar-refractivity contribution is 0.0529. The van der Waals surface area contributed by atoms with Crippen LogP contribution in [0, 0.1) is 0 Å². The first-order valence-electron chi connectivity index (χ1n) is 7.84. The average molecular weight is 357 g/mol. The lowest BCUT2D eigenvalue weighted by atomic mass is 10.2. The molecule has 3 aromatic heterocycles. The van der Waals surface area contributed by atoms with Crippen LogP contribution in [0.2, 0.25) is 0 Å². The van der Waals surface area contributed by atoms with E-state index in [0.29, 0.717) is 37.5 Å². The molecular weight excluding hydrogens is 342 g/mol. The molecule has 1 aliphatic rings. The molecule has 128 valence electrons. The number of nitrogens with zero attached hydrogens (tertiary/aromatic N) is 3. The van der Waals surface area contributed by atoms with Crippen molar-refractivity contribution in [1.82, 2.24) is 15.0 Å². The van der Waals surface area contributed by atoms with E-state index in [4.69, 9.17) is 8.94 Å². The molecule has 0 bridgehead atoms. The topological polar surface area (TPSA) is 79.8 Å². The minimum Gasteiger partial charge on any atom is -0.472 e. The summed E-state index contributed by atoms with van der Waals surface area (Å²) in [6.07, 6.45) is 2.91. The summed E-state index contributed by atoms with van der Waals surface area (Å²) in [7, 11) is 0. The van der Waals surface area contributed by atoms with Gasteiger partial charge < -0.3 is 18.7 Å². The molecule has 0 N–H and O–H groups in total. The van der Waals surface area contributed by atoms with Crippen molar-refractivity contribution in [3.8, 4) is 10.6 Å². The van der Waals surface area contributed by atoms with Crippen LogP contribution in [-0.2, 0) is 0 Å². The second-order valence-corrected chi connectivity index (χ2v) is 6.60. The van der Waals surface area contributed by atoms with Gasteiger partial charge >= 0.3 is 0 Å². The van der Waals surface area contributed by atoms with Gasteiger partial charge in [0.1, 0.15) is 6.26 Å². The normalized spacial score (nSPS) is 14.7. The highest BCUT2D eigenvalue weighted by Crippen LogP contribution is 2.25. The maximum absolute atomic E-state index is 12.6. The van der Waals surface area contributed by atoms with Crippen LogP contribution < -0.4 is 0 Å². The Labute approximate surface area is 147 Å². The van der Waals surface area contributed by atoms with Gasteiger partial charge in [0.2, 0.25) is 0 Å². The lowest BCUT2D eigenvalue weighted by Crippen LogP contribution is -2.50. The average Bonchev–Trinajstić information content (AvgIpc) is 3.42. The third-order valence-corrected chi connectivity index (χ3v) is 5.00. The van der Waals surface area contributed by atoms with Gasteiger partial charge in [0, 0.05) is 32.2 Å². The predicted molar refractivity (Wildman–Crippen MR) is 90.3 cm³/mol. The number of hydrogen-bond donors (Lipinski definition) is 0. The number of carbonyl (C=O) groups excluding carboxylic acids is 2. The van der Waals surface area contributed by atoms with Crippen molar-refractivity contribution in [2.45, 2.75) is 0 Å². The molecule has 2 amide bonds. The fourth-order valence-corrected chi connectivity index (χ4v) is 3.43. The fourth-order valence-electron chi connectivity index (χ4n) is 2.75. The molecule has 0 spiro atoms. The Morgan fingerprint density at radius 2 is 1.84 bits per heavy atom. The minimum atomic E-state index is -0.179. The standard InChI is InChI=1S/C17H15N3O4S/c21-16(12-3-8-23-11-12)19-4-6-20(7-5-19)17(22)13-10-14(24-18-13)15-2-1-9-25-15/h1-3,8-11H,4-7H2. The van der Waals surface area contributed by atoms with E-state index in [-0.39, 0.29) is 17.5 Å². The molecule has 8 heteroatoms. The fraction of sp³-hybridized carbons (Fsp3) is 0.235. The summed E-state index contributed by atoms with van der Waals surface area (Å²) in [6.45, 7) is 1.88. The van der Waals surface area contributed by atoms with E-state index in [9.17, 15) is 9.59 Å². The first-order chi connectivity index (χ1) is 12.2. The van der Waals surface area contributed by atoms with Crippen molar-refractivity contribution in [3.05, 3.63) is 53.4 Å². The molecule has 25 heavy (non-hydrogen) atoms. The number of aromatic nitrogens is 1. The van der Waals surface area contributed by atoms with E-state index in [1.807, 2.05) is 17.5 Å². The summed E-state index contributed by atoms with van der Waals surface area (Å²) >= 11 is 1.53. The molecular formula is C17H15N3O4S. The smallest absolute Gasteiger partial charge is 0.276 e. The molecule has 1 saturated heterocycles. The van der Waals surface area contributed by atoms with Crippen molar-refractivity contribution in [3.63, 3.8) is 0 Å². The molecule has 7 nitrogen and oxygen atoms in total. The maximum Gasteiger partial charge on any atom is 0.276 e. The molecule has 1 fully saturated rings. The summed E-state index contributed by atoms with van der Waals surface area (Å²) in [5, 5.41) is 5.83. The van der Waals surface area contributed by atoms with Gasteiger partial charge in [-0.1, -0.05) is 11.2 Å². The molecule has 0 unspecified atom stereocenters. The second kappa shape index (κ2) is 6.56. The summed E-state index contributed by atoms with van der Waals surface area (Å²) < 4.78 is 10.2. The Bertz CT molecular complexity index is 862. The van der Waals surface area contributed by atoms with Gasteiger partial charge in [-0.2, -0.15) is 0 Å². The summed E-state index contributed by atoms with van der Waals surface area (Å²) in [5.74, 6) is 0.330. The highest BCUT2D eigenvalue weighted by Gasteiger charge is 2.27. The van der Waals surface area contributed by atoms with Gasteiger partial charge in [-0.05, 0) is 17.5 Å². The third-order valence-electron chi connectivity index (χ3n) is 4.12. The molecule has 0 radical (unpaired) electrons. The SMILES string of the molecule is O=C(c1ccoc1)N1CCN(C(=O)c2cc(-c3cccs3)on2)CC1. The number of furan rings is 1. The van der Waals surface area contributed by atoms with Crippen LogP contribution in [0.5, 0.6) is 0 Å². The molecule has 0 aromatic carbocycles. The number of amides is 2. The Balaban J connectivity index is 1.39. The Morgan fingerprint density at radius 1 is 1.08 bits per heavy atom. The summed E-state index contributed by atoms with van der Waals surface area (Å²) in [5.41, 5.74) is 0.815. The van der Waals surface area contributed by atoms with E-state index in [1.54, 1.807) is 21.9 Å². The van der Waals surface area contributed by atoms with Crippen molar-refractivity contribution < 1.29 is 18.5 Å². The number of carbonyl (C=O) groups is 2. The zero-order valence-corrected chi connectivity index (χ0v) is 14.1. The zero-order chi connectivity index (χ0) is 17.2. The van der Waals surface area contributed by atoms with Gasteiger partial charge in [0.25, 0.3) is 11.8 Å². The molecule has 3 aromatic rings. The van der Waals surface area contributed by atoms with Gasteiger partial charge in [0.05, 0.1) is 16.7 Å². The first-order valence-corrected chi connectivity index (χ1v) is 8.71. The zero-order valence-electron chi connectivity index (χ0n) is 13.3. The van der Waals surface area contributed by atoms with Gasteiger partial charge in [-0.15, -0.1) is 11.3 Å². The van der Waals surface area contributed by atoms with Crippen LogP contribution >= 0.6 is 11.3 Å². The Morgan fingerprint density at radius 3 is 2.48 bits per heavy atom. The van der Waals surface area contributed by atoms with Crippen molar-refractivity contribution >= 4 is 23.2 Å². The van der Waals surface area contributed by atoms with Crippen molar-refractivity contribution in [2.75, 3.05) is 26.2 Å². The minimum absolute atomic E-state index is 0.0812. The first kappa shape index (κ1) is 15.6. The van der Waals surface area contributed by atoms with Gasteiger partial charge in [-0.25, -0.2) is 0 Å². The van der Waals surface area contributed by atoms with E-state index in [2.05, 4.69) is 5.16 Å². The third kappa shape index (κ3) is 3.08. The molecule has 1 aliphatic heterocycles. The quantitative estimate of drug-likeness (QED) is 0.720. The van der Waals surface area contributed by atoms with Crippen LogP contribution in [0.1, 0.15) is 20.8 Å². The molecule has 4 heterocycles. The predicted octanol–water partition coefficient (Wildman–Crippen LogP) is 2.59. The number of rotatable bonds is 3. The maximum atomic E-state index is 12.6. The second-order valence-electron chi connectivity index (χ2n) is 5.65. The summed E-state index contributed by atoms with van der Waals surface area (Å²) in [6, 6.07) is 7.14. The van der Waals surface area contributed by atoms with Crippen molar-refractivity contribution in [2.24, 2.45) is 0 Å². The summed E-state index contributed by atoms with van der Waals surface area (Å²) in [4.78, 5) is 29.2. The van der Waals surface area contributed by atoms with Gasteiger partial charge in [-0.3, -0.25) is 9.59 Å². The van der Waals surface area contributed by atoms with Crippen LogP contribution in [0.25, 0.3) is 10.6 Å². The lowest BCUT2D eigenvalue weighted by Gasteiger charge is -2.34. The molecule has 4 rings (SSSR count). The van der Waals surface area contributed by atoms with E-state index >= 15 is 0 Å². The highest BCUT2D eigenvalue weighted by molar-refractivity contribution is 7.13. The van der Waals surface area contributed by atoms with Crippen LogP contribution in [0.15, 0.2) is 51.1 Å². The monoisotopic (exact) mass is 357 g/mol. The van der Waals surface area contributed by atoms with Crippen LogP contribution in [-0.4, -0.2) is 52.9 Å². The number of piperazine rings is 1. The van der Waals surface area contributed by atoms with E-state index < -0.39 is 0 Å². The molecule has 0 atom stereocenters. The van der Waals surface area contributed by atoms with Crippen LogP contribution in [0.4, 0.5) is 0 Å². The highest BCUT2D eigenvalue weighted by atomic mass is 32.1.